The van der Waals surface area contributed by atoms with Crippen LogP contribution in [-0.4, -0.2) is 49.4 Å². The Bertz CT molecular complexity index is 985. The summed E-state index contributed by atoms with van der Waals surface area (Å²) < 4.78 is 0. The van der Waals surface area contributed by atoms with Gasteiger partial charge in [-0.25, -0.2) is 0 Å². The number of nitrogens with zero attached hydrogens (tertiary/aromatic N) is 4. The van der Waals surface area contributed by atoms with E-state index in [0.29, 0.717) is 30.2 Å². The van der Waals surface area contributed by atoms with Crippen LogP contribution in [0.5, 0.6) is 0 Å². The van der Waals surface area contributed by atoms with Crippen LogP contribution in [0.1, 0.15) is 18.4 Å². The van der Waals surface area contributed by atoms with Gasteiger partial charge in [-0.2, -0.15) is 5.26 Å². The minimum absolute atomic E-state index is 0.0374. The van der Waals surface area contributed by atoms with E-state index >= 15 is 0 Å². The molecule has 7 heteroatoms. The largest absolute Gasteiger partial charge is 0.370 e. The number of carbonyl (C=O) groups is 2. The van der Waals surface area contributed by atoms with Gasteiger partial charge in [-0.1, -0.05) is 17.7 Å². The van der Waals surface area contributed by atoms with E-state index in [-0.39, 0.29) is 24.2 Å². The van der Waals surface area contributed by atoms with Crippen molar-refractivity contribution in [3.63, 3.8) is 0 Å². The van der Waals surface area contributed by atoms with Crippen molar-refractivity contribution < 1.29 is 9.59 Å². The molecule has 30 heavy (non-hydrogen) atoms. The summed E-state index contributed by atoms with van der Waals surface area (Å²) in [5, 5.41) is 9.54. The van der Waals surface area contributed by atoms with Crippen molar-refractivity contribution in [2.75, 3.05) is 42.5 Å². The molecule has 2 saturated heterocycles. The first-order chi connectivity index (χ1) is 14.5. The summed E-state index contributed by atoms with van der Waals surface area (Å²) in [6.07, 6.45) is 1.10. The van der Waals surface area contributed by atoms with Crippen LogP contribution in [0.3, 0.4) is 0 Å². The Kier molecular flexibility index (Phi) is 5.91. The van der Waals surface area contributed by atoms with E-state index in [4.69, 9.17) is 16.9 Å². The average Bonchev–Trinajstić information content (AvgIpc) is 2.99. The highest BCUT2D eigenvalue weighted by molar-refractivity contribution is 6.31. The van der Waals surface area contributed by atoms with Gasteiger partial charge in [0.1, 0.15) is 0 Å². The lowest BCUT2D eigenvalue weighted by Gasteiger charge is -2.25. The van der Waals surface area contributed by atoms with E-state index < -0.39 is 0 Å². The first kappa shape index (κ1) is 20.2. The van der Waals surface area contributed by atoms with Crippen molar-refractivity contribution in [1.29, 1.82) is 5.26 Å². The smallest absolute Gasteiger partial charge is 0.228 e. The SMILES string of the molecule is N#Cc1ccc(N2CCCN(C(=O)C3CC(=O)N(c4cccc(Cl)c4)C3)CC2)cc1. The Hall–Kier alpha value is -3.04. The summed E-state index contributed by atoms with van der Waals surface area (Å²) in [5.41, 5.74) is 2.44. The van der Waals surface area contributed by atoms with E-state index in [9.17, 15) is 9.59 Å². The van der Waals surface area contributed by atoms with Gasteiger partial charge < -0.3 is 14.7 Å². The lowest BCUT2D eigenvalue weighted by atomic mass is 10.1. The Balaban J connectivity index is 1.39. The minimum atomic E-state index is -0.321. The highest BCUT2D eigenvalue weighted by Gasteiger charge is 2.37. The highest BCUT2D eigenvalue weighted by atomic mass is 35.5. The number of benzene rings is 2. The zero-order chi connectivity index (χ0) is 21.1. The molecule has 2 amide bonds. The van der Waals surface area contributed by atoms with E-state index in [1.165, 1.54) is 0 Å². The van der Waals surface area contributed by atoms with Gasteiger partial charge in [0.2, 0.25) is 11.8 Å². The van der Waals surface area contributed by atoms with Crippen LogP contribution in [0.25, 0.3) is 0 Å². The second-order valence-electron chi connectivity index (χ2n) is 7.71. The van der Waals surface area contributed by atoms with Gasteiger partial charge in [0.05, 0.1) is 17.6 Å². The van der Waals surface area contributed by atoms with E-state index in [0.717, 1.165) is 30.9 Å². The number of halogens is 1. The predicted octanol–water partition coefficient (Wildman–Crippen LogP) is 3.30. The second-order valence-corrected chi connectivity index (χ2v) is 8.15. The molecule has 0 spiro atoms. The molecule has 2 heterocycles. The molecule has 0 radical (unpaired) electrons. The molecule has 0 saturated carbocycles. The lowest BCUT2D eigenvalue weighted by molar-refractivity contribution is -0.135. The zero-order valence-electron chi connectivity index (χ0n) is 16.6. The van der Waals surface area contributed by atoms with Crippen molar-refractivity contribution in [3.8, 4) is 6.07 Å². The quantitative estimate of drug-likeness (QED) is 0.761. The Morgan fingerprint density at radius 3 is 2.57 bits per heavy atom. The summed E-state index contributed by atoms with van der Waals surface area (Å²) in [6.45, 7) is 3.30. The molecule has 2 aromatic rings. The van der Waals surface area contributed by atoms with Crippen molar-refractivity contribution in [3.05, 3.63) is 59.1 Å². The van der Waals surface area contributed by atoms with Crippen LogP contribution in [0.15, 0.2) is 48.5 Å². The Morgan fingerprint density at radius 1 is 1.03 bits per heavy atom. The normalized spacial score (nSPS) is 19.5. The molecular formula is C23H23ClN4O2. The van der Waals surface area contributed by atoms with Gasteiger partial charge in [-0.05, 0) is 48.9 Å². The molecule has 0 bridgehead atoms. The molecule has 0 N–H and O–H groups in total. The topological polar surface area (TPSA) is 67.6 Å². The summed E-state index contributed by atoms with van der Waals surface area (Å²) in [4.78, 5) is 31.5. The van der Waals surface area contributed by atoms with Gasteiger partial charge in [0.15, 0.2) is 0 Å². The summed E-state index contributed by atoms with van der Waals surface area (Å²) >= 11 is 6.06. The number of nitriles is 1. The molecule has 2 aliphatic rings. The maximum atomic E-state index is 13.1. The maximum absolute atomic E-state index is 13.1. The van der Waals surface area contributed by atoms with Crippen LogP contribution in [0.2, 0.25) is 5.02 Å². The molecule has 1 unspecified atom stereocenters. The van der Waals surface area contributed by atoms with Crippen LogP contribution < -0.4 is 9.80 Å². The third-order valence-electron chi connectivity index (χ3n) is 5.76. The van der Waals surface area contributed by atoms with Crippen LogP contribution in [-0.2, 0) is 9.59 Å². The number of hydrogen-bond donors (Lipinski definition) is 0. The zero-order valence-corrected chi connectivity index (χ0v) is 17.4. The maximum Gasteiger partial charge on any atom is 0.228 e. The fourth-order valence-electron chi connectivity index (χ4n) is 4.17. The third kappa shape index (κ3) is 4.27. The van der Waals surface area contributed by atoms with Gasteiger partial charge in [0.25, 0.3) is 0 Å². The Morgan fingerprint density at radius 2 is 1.83 bits per heavy atom. The van der Waals surface area contributed by atoms with Gasteiger partial charge in [-0.3, -0.25) is 9.59 Å². The molecule has 0 aromatic heterocycles. The molecule has 154 valence electrons. The molecule has 1 atom stereocenters. The van der Waals surface area contributed by atoms with Crippen molar-refractivity contribution in [2.24, 2.45) is 5.92 Å². The fraction of sp³-hybridized carbons (Fsp3) is 0.348. The van der Waals surface area contributed by atoms with Crippen LogP contribution >= 0.6 is 11.6 Å². The van der Waals surface area contributed by atoms with E-state index in [1.807, 2.05) is 41.3 Å². The first-order valence-corrected chi connectivity index (χ1v) is 10.5. The number of anilines is 2. The number of carbonyl (C=O) groups excluding carboxylic acids is 2. The van der Waals surface area contributed by atoms with Gasteiger partial charge >= 0.3 is 0 Å². The average molecular weight is 423 g/mol. The summed E-state index contributed by atoms with van der Waals surface area (Å²) in [5.74, 6) is -0.308. The molecule has 6 nitrogen and oxygen atoms in total. The number of hydrogen-bond acceptors (Lipinski definition) is 4. The van der Waals surface area contributed by atoms with Crippen molar-refractivity contribution >= 4 is 34.8 Å². The van der Waals surface area contributed by atoms with Crippen molar-refractivity contribution in [1.82, 2.24) is 4.90 Å². The molecule has 2 aliphatic heterocycles. The van der Waals surface area contributed by atoms with E-state index in [2.05, 4.69) is 11.0 Å². The third-order valence-corrected chi connectivity index (χ3v) is 6.00. The molecule has 4 rings (SSSR count). The molecule has 2 fully saturated rings. The van der Waals surface area contributed by atoms with E-state index in [1.54, 1.807) is 17.0 Å². The minimum Gasteiger partial charge on any atom is -0.370 e. The van der Waals surface area contributed by atoms with Gasteiger partial charge in [-0.15, -0.1) is 0 Å². The number of rotatable bonds is 3. The van der Waals surface area contributed by atoms with Crippen molar-refractivity contribution in [2.45, 2.75) is 12.8 Å². The fourth-order valence-corrected chi connectivity index (χ4v) is 4.35. The number of amides is 2. The summed E-state index contributed by atoms with van der Waals surface area (Å²) in [6, 6.07) is 16.9. The predicted molar refractivity (Wildman–Crippen MR) is 116 cm³/mol. The summed E-state index contributed by atoms with van der Waals surface area (Å²) in [7, 11) is 0. The highest BCUT2D eigenvalue weighted by Crippen LogP contribution is 2.28. The monoisotopic (exact) mass is 422 g/mol. The van der Waals surface area contributed by atoms with Gasteiger partial charge in [0, 0.05) is 55.5 Å². The van der Waals surface area contributed by atoms with Crippen LogP contribution in [0, 0.1) is 17.2 Å². The van der Waals surface area contributed by atoms with Crippen LogP contribution in [0.4, 0.5) is 11.4 Å². The Labute approximate surface area is 181 Å². The molecule has 0 aliphatic carbocycles. The lowest BCUT2D eigenvalue weighted by Crippen LogP contribution is -2.40. The standard InChI is InChI=1S/C23H23ClN4O2/c24-19-3-1-4-21(14-19)28-16-18(13-22(28)29)23(30)27-10-2-9-26(11-12-27)20-7-5-17(15-25)6-8-20/h1,3-8,14,18H,2,9-13,16H2. The molecular weight excluding hydrogens is 400 g/mol. The second kappa shape index (κ2) is 8.76. The first-order valence-electron chi connectivity index (χ1n) is 10.1. The molecule has 2 aromatic carbocycles.